The molecule has 576 valence electrons. The molecule has 6 aromatic heterocycles. The molecule has 7 nitrogen and oxygen atoms in total. The Kier molecular flexibility index (Phi) is 14.1. The van der Waals surface area contributed by atoms with Crippen molar-refractivity contribution in [2.45, 2.75) is 0 Å². The van der Waals surface area contributed by atoms with Crippen molar-refractivity contribution in [2.24, 2.45) is 0 Å². The van der Waals surface area contributed by atoms with Gasteiger partial charge in [-0.05, 0) is 239 Å². The van der Waals surface area contributed by atoms with Crippen LogP contribution in [0.4, 0.5) is 17.1 Å². The Hall–Kier alpha value is -16.7. The van der Waals surface area contributed by atoms with Crippen LogP contribution in [0.3, 0.4) is 0 Å². The molecular formula is C118H68N6O. The van der Waals surface area contributed by atoms with Crippen LogP contribution in [0.2, 0.25) is 0 Å². The van der Waals surface area contributed by atoms with Gasteiger partial charge in [0.2, 0.25) is 0 Å². The van der Waals surface area contributed by atoms with Crippen LogP contribution < -0.4 is 4.90 Å². The Morgan fingerprint density at radius 2 is 0.544 bits per heavy atom. The number of nitrogens with zero attached hydrogens (tertiary/aromatic N) is 6. The van der Waals surface area contributed by atoms with Crippen LogP contribution in [0.25, 0.3) is 256 Å². The highest BCUT2D eigenvalue weighted by molar-refractivity contribution is 6.48. The minimum atomic E-state index is 0.883. The molecule has 6 heterocycles. The quantitative estimate of drug-likeness (QED) is 0.112. The van der Waals surface area contributed by atoms with Crippen molar-refractivity contribution in [3.05, 3.63) is 413 Å². The van der Waals surface area contributed by atoms with E-state index in [0.29, 0.717) is 0 Å². The molecule has 24 aromatic carbocycles. The Bertz CT molecular complexity index is 9640. The third kappa shape index (κ3) is 9.52. The van der Waals surface area contributed by atoms with Crippen molar-refractivity contribution in [1.82, 2.24) is 23.7 Å². The molecule has 30 aromatic rings. The zero-order valence-electron chi connectivity index (χ0n) is 67.4. The third-order valence-corrected chi connectivity index (χ3v) is 27.3. The summed E-state index contributed by atoms with van der Waals surface area (Å²) in [6.45, 7) is 0. The van der Waals surface area contributed by atoms with E-state index in [1.807, 2.05) is 30.5 Å². The van der Waals surface area contributed by atoms with Crippen molar-refractivity contribution in [3.8, 4) is 39.7 Å². The highest BCUT2D eigenvalue weighted by atomic mass is 16.3. The highest BCUT2D eigenvalue weighted by Gasteiger charge is 2.30. The van der Waals surface area contributed by atoms with E-state index >= 15 is 0 Å². The van der Waals surface area contributed by atoms with Gasteiger partial charge in [-0.2, -0.15) is 0 Å². The summed E-state index contributed by atoms with van der Waals surface area (Å²) in [5, 5.41) is 42.1. The van der Waals surface area contributed by atoms with Crippen LogP contribution in [0.1, 0.15) is 0 Å². The minimum Gasteiger partial charge on any atom is -0.456 e. The van der Waals surface area contributed by atoms with Gasteiger partial charge in [0.15, 0.2) is 0 Å². The zero-order valence-corrected chi connectivity index (χ0v) is 67.4. The topological polar surface area (TPSA) is 57.0 Å². The van der Waals surface area contributed by atoms with Gasteiger partial charge in [-0.15, -0.1) is 0 Å². The van der Waals surface area contributed by atoms with Crippen LogP contribution in [0.15, 0.2) is 417 Å². The number of hydrogen-bond donors (Lipinski definition) is 0. The molecule has 0 saturated heterocycles. The average Bonchev–Trinajstić information content (AvgIpc) is 1.57. The number of pyridine rings is 2. The van der Waals surface area contributed by atoms with Gasteiger partial charge in [0.05, 0.1) is 38.8 Å². The third-order valence-electron chi connectivity index (χ3n) is 27.3. The molecule has 0 unspecified atom stereocenters. The summed E-state index contributed by atoms with van der Waals surface area (Å²) in [6.07, 6.45) is 1.87. The second-order valence-corrected chi connectivity index (χ2v) is 33.6. The summed E-state index contributed by atoms with van der Waals surface area (Å²) in [5.41, 5.74) is 17.9. The second kappa shape index (κ2) is 25.9. The Labute approximate surface area is 714 Å². The van der Waals surface area contributed by atoms with Crippen LogP contribution >= 0.6 is 0 Å². The van der Waals surface area contributed by atoms with Gasteiger partial charge in [-0.3, -0.25) is 9.13 Å². The first-order chi connectivity index (χ1) is 62.1. The van der Waals surface area contributed by atoms with Crippen LogP contribution in [-0.4, -0.2) is 23.7 Å². The molecule has 0 N–H and O–H groups in total. The summed E-state index contributed by atoms with van der Waals surface area (Å²) >= 11 is 0. The van der Waals surface area contributed by atoms with Crippen molar-refractivity contribution in [3.63, 3.8) is 0 Å². The maximum absolute atomic E-state index is 6.29. The normalized spacial score (nSPS) is 12.3. The molecule has 125 heavy (non-hydrogen) atoms. The number of rotatable bonds is 8. The molecule has 0 spiro atoms. The lowest BCUT2D eigenvalue weighted by Gasteiger charge is -2.27. The fourth-order valence-electron chi connectivity index (χ4n) is 22.3. The molecule has 30 rings (SSSR count). The lowest BCUT2D eigenvalue weighted by molar-refractivity contribution is 0.669. The smallest absolute Gasteiger partial charge is 0.138 e. The molecule has 7 heteroatoms. The standard InChI is InChI=1S/C54H32N2O.C35H20N2.C29H16N2/c1-2-12-33(13-3-1)34-14-8-15-35(30-34)55(38-26-29-50-46(32-38)41-20-6-7-25-49(41)57-50)36-16-9-17-37(31-36)56-47-24-11-23-44-43-22-10-21-42-39-18-4-5-19-40(39)45-27-28-48(56)54(52(44)47)53(45)51(42)43;1-2-9-21(10-3-1)28-16-8-18-31(36-28)37-29-17-7-15-26-25-14-6-13-24-22-11-4-5-12-23(22)27-19-20-30(37)35(33(26)29)34(27)32(24)25;1-2-8-18-17(7-1)19-9-5-10-20-21-11-6-12-23-27(21)29-24(15-14-22(18)28(29)26(19)20)31(23)25-13-3-4-16-30-25/h1-32H;1-20H;1-16H. The zero-order chi connectivity index (χ0) is 81.4. The first-order valence-corrected chi connectivity index (χ1v) is 43.0. The van der Waals surface area contributed by atoms with Gasteiger partial charge in [0.1, 0.15) is 22.8 Å². The van der Waals surface area contributed by atoms with Gasteiger partial charge in [-0.25, -0.2) is 9.97 Å². The summed E-state index contributed by atoms with van der Waals surface area (Å²) in [7, 11) is 0. The summed E-state index contributed by atoms with van der Waals surface area (Å²) < 4.78 is 13.4. The van der Waals surface area contributed by atoms with E-state index in [-0.39, 0.29) is 0 Å². The first-order valence-electron chi connectivity index (χ1n) is 43.0. The van der Waals surface area contributed by atoms with Crippen molar-refractivity contribution >= 4 is 234 Å². The van der Waals surface area contributed by atoms with Gasteiger partial charge < -0.3 is 13.9 Å². The Morgan fingerprint density at radius 3 is 1.06 bits per heavy atom. The largest absolute Gasteiger partial charge is 0.456 e. The van der Waals surface area contributed by atoms with E-state index < -0.39 is 0 Å². The van der Waals surface area contributed by atoms with Gasteiger partial charge in [0, 0.05) is 93.8 Å². The molecule has 0 atom stereocenters. The number of para-hydroxylation sites is 1. The molecule has 0 bridgehead atoms. The predicted molar refractivity (Wildman–Crippen MR) is 528 cm³/mol. The first kappa shape index (κ1) is 68.1. The van der Waals surface area contributed by atoms with Crippen molar-refractivity contribution in [1.29, 1.82) is 0 Å². The Balaban J connectivity index is 0.000000101. The van der Waals surface area contributed by atoms with E-state index in [9.17, 15) is 0 Å². The summed E-state index contributed by atoms with van der Waals surface area (Å²) in [6, 6.07) is 147. The molecule has 0 saturated carbocycles. The molecule has 0 aliphatic carbocycles. The van der Waals surface area contributed by atoms with Crippen LogP contribution in [0, 0.1) is 0 Å². The fraction of sp³-hybridized carbons (Fsp3) is 0. The van der Waals surface area contributed by atoms with E-state index in [4.69, 9.17) is 14.4 Å². The van der Waals surface area contributed by atoms with E-state index in [2.05, 4.69) is 401 Å². The highest BCUT2D eigenvalue weighted by Crippen LogP contribution is 2.55. The van der Waals surface area contributed by atoms with Crippen LogP contribution in [-0.2, 0) is 0 Å². The monoisotopic (exact) mass is 1580 g/mol. The molecule has 0 amide bonds. The lowest BCUT2D eigenvalue weighted by Crippen LogP contribution is -2.10. The predicted octanol–water partition coefficient (Wildman–Crippen LogP) is 32.3. The molecular weight excluding hydrogens is 1520 g/mol. The maximum Gasteiger partial charge on any atom is 0.138 e. The number of anilines is 3. The Morgan fingerprint density at radius 1 is 0.192 bits per heavy atom. The van der Waals surface area contributed by atoms with Gasteiger partial charge in [-0.1, -0.05) is 291 Å². The molecule has 0 radical (unpaired) electrons. The molecule has 0 aliphatic heterocycles. The summed E-state index contributed by atoms with van der Waals surface area (Å²) in [4.78, 5) is 12.3. The van der Waals surface area contributed by atoms with Gasteiger partial charge >= 0.3 is 0 Å². The van der Waals surface area contributed by atoms with Gasteiger partial charge in [0.25, 0.3) is 0 Å². The number of aromatic nitrogens is 5. The number of fused-ring (bicyclic) bond motifs is 15. The average molecular weight is 1590 g/mol. The molecule has 0 aliphatic rings. The number of furan rings is 1. The van der Waals surface area contributed by atoms with Crippen molar-refractivity contribution < 1.29 is 4.42 Å². The van der Waals surface area contributed by atoms with E-state index in [1.165, 1.54) is 206 Å². The fourth-order valence-corrected chi connectivity index (χ4v) is 22.3. The molecule has 0 fully saturated rings. The minimum absolute atomic E-state index is 0.883. The maximum atomic E-state index is 6.29. The number of benzene rings is 24. The van der Waals surface area contributed by atoms with E-state index in [0.717, 1.165) is 67.6 Å². The summed E-state index contributed by atoms with van der Waals surface area (Å²) in [5.74, 6) is 1.91. The second-order valence-electron chi connectivity index (χ2n) is 33.6. The SMILES string of the molecule is c1ccc(-c2cccc(-n3c4cccc5c6cccc7c8ccccc8c8ccc3c(c8c76)c54)n2)cc1.c1ccc(-c2cccc(N(c3cccc(-n4c5cccc6c7cccc8c9ccccc9c9ccc4c(c9c87)c65)c3)c3ccc4oc5ccccc5c4c3)c2)cc1.c1ccc(-n2c3cccc4c5cccc6c7ccccc7c7ccc2c(c7c65)c43)nc1. The lowest BCUT2D eigenvalue weighted by atomic mass is 9.86. The van der Waals surface area contributed by atoms with Crippen LogP contribution in [0.5, 0.6) is 0 Å². The van der Waals surface area contributed by atoms with Crippen molar-refractivity contribution in [2.75, 3.05) is 4.90 Å². The number of hydrogen-bond acceptors (Lipinski definition) is 4. The van der Waals surface area contributed by atoms with E-state index in [1.54, 1.807) is 0 Å².